The molecule has 194 valence electrons. The number of benzene rings is 2. The number of nitrogens with one attached hydrogen (secondary N) is 1. The van der Waals surface area contributed by atoms with Crippen LogP contribution in [0.25, 0.3) is 0 Å². The van der Waals surface area contributed by atoms with Crippen LogP contribution in [-0.4, -0.2) is 61.3 Å². The van der Waals surface area contributed by atoms with Crippen molar-refractivity contribution in [3.8, 4) is 11.8 Å². The molecule has 1 aliphatic rings. The summed E-state index contributed by atoms with van der Waals surface area (Å²) < 4.78 is 63.3. The van der Waals surface area contributed by atoms with E-state index in [1.54, 1.807) is 11.5 Å². The third-order valence-corrected chi connectivity index (χ3v) is 8.41. The summed E-state index contributed by atoms with van der Waals surface area (Å²) in [6, 6.07) is 8.39. The van der Waals surface area contributed by atoms with E-state index in [9.17, 15) is 17.2 Å². The van der Waals surface area contributed by atoms with E-state index in [4.69, 9.17) is 4.74 Å². The third kappa shape index (κ3) is 5.69. The summed E-state index contributed by atoms with van der Waals surface area (Å²) in [5.74, 6) is -1.24. The van der Waals surface area contributed by atoms with Gasteiger partial charge in [-0.05, 0) is 55.0 Å². The Morgan fingerprint density at radius 3 is 2.53 bits per heavy atom. The minimum absolute atomic E-state index is 0.197. The van der Waals surface area contributed by atoms with E-state index in [0.717, 1.165) is 37.9 Å². The van der Waals surface area contributed by atoms with Gasteiger partial charge in [0, 0.05) is 55.0 Å². The molecule has 13 heteroatoms. The number of likely N-dealkylation sites (N-methyl/N-ethyl adjacent to an activating group) is 1. The van der Waals surface area contributed by atoms with E-state index in [-0.39, 0.29) is 16.3 Å². The zero-order valence-corrected chi connectivity index (χ0v) is 22.5. The molecule has 0 spiro atoms. The summed E-state index contributed by atoms with van der Waals surface area (Å²) >= 11 is 2.93. The molecule has 2 aromatic carbocycles. The first kappa shape index (κ1) is 26.5. The number of piperazine rings is 1. The maximum Gasteiger partial charge on any atom is 0.322 e. The Kier molecular flexibility index (Phi) is 7.93. The molecule has 9 nitrogen and oxygen atoms in total. The number of anilines is 1. The van der Waals surface area contributed by atoms with Gasteiger partial charge in [0.05, 0.1) is 6.04 Å². The van der Waals surface area contributed by atoms with Crippen molar-refractivity contribution >= 4 is 31.6 Å². The Balaban J connectivity index is 1.54. The first-order chi connectivity index (χ1) is 17.1. The first-order valence-electron chi connectivity index (χ1n) is 11.4. The molecule has 0 saturated carbocycles. The molecule has 0 bridgehead atoms. The van der Waals surface area contributed by atoms with E-state index < -0.39 is 32.6 Å². The lowest BCUT2D eigenvalue weighted by Gasteiger charge is -2.34. The van der Waals surface area contributed by atoms with Crippen LogP contribution in [0.2, 0.25) is 0 Å². The largest absolute Gasteiger partial charge is 0.424 e. The Morgan fingerprint density at radius 2 is 1.86 bits per heavy atom. The van der Waals surface area contributed by atoms with Crippen LogP contribution in [0, 0.1) is 11.6 Å². The lowest BCUT2D eigenvalue weighted by molar-refractivity contribution is 0.312. The molecule has 1 fully saturated rings. The van der Waals surface area contributed by atoms with Crippen LogP contribution < -0.4 is 14.4 Å². The minimum Gasteiger partial charge on any atom is -0.424 e. The number of ether oxygens (including phenoxy) is 1. The normalized spacial score (nSPS) is 15.8. The lowest BCUT2D eigenvalue weighted by Crippen LogP contribution is -2.44. The molecular formula is C23H27BrF2N6O3S. The molecule has 1 aliphatic heterocycles. The van der Waals surface area contributed by atoms with Crippen molar-refractivity contribution < 1.29 is 21.9 Å². The van der Waals surface area contributed by atoms with Gasteiger partial charge in [0.25, 0.3) is 0 Å². The van der Waals surface area contributed by atoms with Gasteiger partial charge < -0.3 is 14.5 Å². The Labute approximate surface area is 217 Å². The van der Waals surface area contributed by atoms with Crippen molar-refractivity contribution in [3.05, 3.63) is 58.3 Å². The Morgan fingerprint density at radius 1 is 1.14 bits per heavy atom. The SMILES string of the molecule is CCn1c(Oc2cccc(N3CCN(C)CC3)c2)nnc1[C@@H](C)NS(=O)(=O)c1c(F)cc(F)cc1Br. The number of nitrogens with zero attached hydrogens (tertiary/aromatic N) is 5. The summed E-state index contributed by atoms with van der Waals surface area (Å²) in [5, 5.41) is 8.23. The number of sulfonamides is 1. The molecule has 0 radical (unpaired) electrons. The molecule has 4 rings (SSSR count). The second-order valence-corrected chi connectivity index (χ2v) is 11.0. The highest BCUT2D eigenvalue weighted by Gasteiger charge is 2.28. The molecule has 1 saturated heterocycles. The van der Waals surface area contributed by atoms with Gasteiger partial charge in [-0.15, -0.1) is 5.10 Å². The molecular weight excluding hydrogens is 558 g/mol. The third-order valence-electron chi connectivity index (χ3n) is 5.91. The highest BCUT2D eigenvalue weighted by molar-refractivity contribution is 9.10. The van der Waals surface area contributed by atoms with Crippen molar-refractivity contribution in [1.82, 2.24) is 24.4 Å². The van der Waals surface area contributed by atoms with E-state index in [2.05, 4.69) is 47.7 Å². The van der Waals surface area contributed by atoms with E-state index >= 15 is 0 Å². The number of hydrogen-bond acceptors (Lipinski definition) is 7. The number of rotatable bonds is 8. The minimum atomic E-state index is -4.35. The molecule has 2 heterocycles. The van der Waals surface area contributed by atoms with Crippen molar-refractivity contribution in [2.75, 3.05) is 38.1 Å². The van der Waals surface area contributed by atoms with Crippen molar-refractivity contribution in [3.63, 3.8) is 0 Å². The Hall–Kier alpha value is -2.61. The fourth-order valence-corrected chi connectivity index (χ4v) is 6.40. The predicted molar refractivity (Wildman–Crippen MR) is 135 cm³/mol. The van der Waals surface area contributed by atoms with E-state index in [1.165, 1.54) is 0 Å². The maximum absolute atomic E-state index is 14.3. The number of hydrogen-bond donors (Lipinski definition) is 1. The standard InChI is InChI=1S/C23H27BrF2N6O3S/c1-4-32-22(15(2)29-36(33,34)21-19(24)12-16(25)13-20(21)26)27-28-23(32)35-18-7-5-6-17(14-18)31-10-8-30(3)9-11-31/h5-7,12-15,29H,4,8-11H2,1-3H3/t15-/m1/s1. The summed E-state index contributed by atoms with van der Waals surface area (Å²) in [6.07, 6.45) is 0. The average molecular weight is 585 g/mol. The molecule has 36 heavy (non-hydrogen) atoms. The summed E-state index contributed by atoms with van der Waals surface area (Å²) in [4.78, 5) is 3.88. The van der Waals surface area contributed by atoms with Gasteiger partial charge in [-0.25, -0.2) is 21.9 Å². The quantitative estimate of drug-likeness (QED) is 0.429. The van der Waals surface area contributed by atoms with Crippen molar-refractivity contribution in [1.29, 1.82) is 0 Å². The van der Waals surface area contributed by atoms with Crippen molar-refractivity contribution in [2.45, 2.75) is 31.3 Å². The topological polar surface area (TPSA) is 92.6 Å². The molecule has 0 aliphatic carbocycles. The predicted octanol–water partition coefficient (Wildman–Crippen LogP) is 3.92. The maximum atomic E-state index is 14.3. The van der Waals surface area contributed by atoms with Crippen LogP contribution >= 0.6 is 15.9 Å². The Bertz CT molecular complexity index is 1320. The monoisotopic (exact) mass is 584 g/mol. The molecule has 1 atom stereocenters. The second kappa shape index (κ2) is 10.8. The van der Waals surface area contributed by atoms with Crippen LogP contribution in [0.15, 0.2) is 45.8 Å². The van der Waals surface area contributed by atoms with Crippen LogP contribution in [-0.2, 0) is 16.6 Å². The van der Waals surface area contributed by atoms with Crippen LogP contribution in [0.1, 0.15) is 25.7 Å². The van der Waals surface area contributed by atoms with Crippen LogP contribution in [0.4, 0.5) is 14.5 Å². The highest BCUT2D eigenvalue weighted by atomic mass is 79.9. The summed E-state index contributed by atoms with van der Waals surface area (Å²) in [7, 11) is -2.25. The molecule has 0 unspecified atom stereocenters. The number of aromatic nitrogens is 3. The van der Waals surface area contributed by atoms with Gasteiger partial charge in [-0.1, -0.05) is 11.2 Å². The fraction of sp³-hybridized carbons (Fsp3) is 0.391. The van der Waals surface area contributed by atoms with Gasteiger partial charge in [0.1, 0.15) is 22.3 Å². The second-order valence-electron chi connectivity index (χ2n) is 8.52. The summed E-state index contributed by atoms with van der Waals surface area (Å²) in [6.45, 7) is 7.58. The molecule has 0 amide bonds. The highest BCUT2D eigenvalue weighted by Crippen LogP contribution is 2.30. The van der Waals surface area contributed by atoms with Gasteiger partial charge in [-0.2, -0.15) is 0 Å². The van der Waals surface area contributed by atoms with E-state index in [0.29, 0.717) is 18.4 Å². The number of halogens is 3. The smallest absolute Gasteiger partial charge is 0.322 e. The average Bonchev–Trinajstić information content (AvgIpc) is 3.21. The fourth-order valence-electron chi connectivity index (χ4n) is 4.04. The zero-order chi connectivity index (χ0) is 26.0. The van der Waals surface area contributed by atoms with Crippen LogP contribution in [0.5, 0.6) is 11.8 Å². The van der Waals surface area contributed by atoms with Gasteiger partial charge in [-0.3, -0.25) is 4.57 Å². The molecule has 1 N–H and O–H groups in total. The zero-order valence-electron chi connectivity index (χ0n) is 20.1. The van der Waals surface area contributed by atoms with Crippen molar-refractivity contribution in [2.24, 2.45) is 0 Å². The van der Waals surface area contributed by atoms with Gasteiger partial charge in [0.2, 0.25) is 10.0 Å². The van der Waals surface area contributed by atoms with Gasteiger partial charge in [0.15, 0.2) is 5.82 Å². The first-order valence-corrected chi connectivity index (χ1v) is 13.7. The lowest BCUT2D eigenvalue weighted by atomic mass is 10.2. The molecule has 3 aromatic rings. The van der Waals surface area contributed by atoms with Gasteiger partial charge >= 0.3 is 6.01 Å². The van der Waals surface area contributed by atoms with Crippen LogP contribution in [0.3, 0.4) is 0 Å². The molecule has 1 aromatic heterocycles. The summed E-state index contributed by atoms with van der Waals surface area (Å²) in [5.41, 5.74) is 1.04. The van der Waals surface area contributed by atoms with E-state index in [1.807, 2.05) is 31.2 Å².